The molecule has 2 saturated heterocycles. The van der Waals surface area contributed by atoms with Gasteiger partial charge < -0.3 is 41.0 Å². The first kappa shape index (κ1) is 54.6. The number of amides is 5. The summed E-state index contributed by atoms with van der Waals surface area (Å²) in [6.07, 6.45) is 7.48. The molecule has 5 amide bonds. The number of halogens is 7. The number of benzene rings is 4. The summed E-state index contributed by atoms with van der Waals surface area (Å²) in [5.74, 6) is -2.87. The van der Waals surface area contributed by atoms with Crippen LogP contribution < -0.4 is 21.7 Å². The Morgan fingerprint density at radius 2 is 1.17 bits per heavy atom. The number of nitrogens with zero attached hydrogens (tertiary/aromatic N) is 4. The second kappa shape index (κ2) is 24.1. The van der Waals surface area contributed by atoms with Crippen molar-refractivity contribution >= 4 is 82.8 Å². The van der Waals surface area contributed by atoms with Gasteiger partial charge in [-0.05, 0) is 110 Å². The standard InChI is InChI=1S/C23H22ClF2N3O4.C16H13ClF2N2O.C10H13N3O3.ClH/c1-29-13(3-9-20(29)30)11-33-23(32)28-19-8-5-14-15(4-7-18(26)21(14)19)22(31)27-12-2-6-17(25)16(24)10-12;17-11-7-8(1-4-12(11)18)21-16(22)10-2-5-13(19)15-9(10)3-6-14(15)20;1-12-8(2-3-9(12)14)6-16-10(15)13-5-4-11-7-13;/h2,4,6-7,10,13,19H,3,5,8-9,11H2,1H3,(H,27,31)(H,28,32);1-2,4-5,7,14H,3,6,20H2,(H,21,22);4-5,7-8H,2-3,6H2,1H3;1H/t13-,19+;14-;8-;/m101./s1. The van der Waals surface area contributed by atoms with Gasteiger partial charge >= 0.3 is 12.2 Å². The number of hydrogen-bond donors (Lipinski definition) is 4. The minimum Gasteiger partial charge on any atom is -0.447 e. The number of nitrogens with one attached hydrogen (secondary N) is 3. The molecule has 4 aliphatic rings. The van der Waals surface area contributed by atoms with Gasteiger partial charge in [-0.1, -0.05) is 23.2 Å². The van der Waals surface area contributed by atoms with E-state index in [1.807, 2.05) is 0 Å². The third-order valence-corrected chi connectivity index (χ3v) is 13.2. The Labute approximate surface area is 426 Å². The zero-order chi connectivity index (χ0) is 51.1. The van der Waals surface area contributed by atoms with Crippen molar-refractivity contribution in [2.24, 2.45) is 5.73 Å². The van der Waals surface area contributed by atoms with E-state index < -0.39 is 47.5 Å². The van der Waals surface area contributed by atoms with E-state index in [4.69, 9.17) is 38.4 Å². The molecule has 2 aliphatic heterocycles. The largest absolute Gasteiger partial charge is 0.447 e. The monoisotopic (exact) mass is 1060 g/mol. The summed E-state index contributed by atoms with van der Waals surface area (Å²) in [6.45, 7) is 0.290. The Morgan fingerprint density at radius 1 is 0.681 bits per heavy atom. The van der Waals surface area contributed by atoms with Gasteiger partial charge in [-0.2, -0.15) is 0 Å². The molecular weight excluding hydrogens is 1010 g/mol. The van der Waals surface area contributed by atoms with E-state index in [2.05, 4.69) is 20.9 Å². The molecular formula is C49H49Cl3F4N8O8. The first-order valence-electron chi connectivity index (χ1n) is 22.4. The highest BCUT2D eigenvalue weighted by Crippen LogP contribution is 2.37. The number of likely N-dealkylation sites (tertiary alicyclic amines) is 2. The maximum atomic E-state index is 14.7. The molecule has 72 heavy (non-hydrogen) atoms. The van der Waals surface area contributed by atoms with Crippen molar-refractivity contribution in [2.75, 3.05) is 37.9 Å². The lowest BCUT2D eigenvalue weighted by Gasteiger charge is -2.21. The number of ether oxygens (including phenoxy) is 2. The van der Waals surface area contributed by atoms with Crippen LogP contribution in [-0.2, 0) is 31.9 Å². The topological polar surface area (TPSA) is 207 Å². The average Bonchev–Trinajstić information content (AvgIpc) is 4.21. The molecule has 23 heteroatoms. The molecule has 2 aliphatic carbocycles. The molecule has 16 nitrogen and oxygen atoms in total. The number of nitrogens with two attached hydrogens (primary N) is 1. The van der Waals surface area contributed by atoms with E-state index >= 15 is 0 Å². The van der Waals surface area contributed by atoms with Gasteiger partial charge in [0.2, 0.25) is 11.8 Å². The summed E-state index contributed by atoms with van der Waals surface area (Å²) < 4.78 is 66.6. The Morgan fingerprint density at radius 3 is 1.65 bits per heavy atom. The van der Waals surface area contributed by atoms with E-state index in [-0.39, 0.29) is 82.6 Å². The van der Waals surface area contributed by atoms with E-state index in [0.717, 1.165) is 12.5 Å². The molecule has 0 saturated carbocycles. The first-order valence-corrected chi connectivity index (χ1v) is 23.2. The Kier molecular flexibility index (Phi) is 18.3. The fraction of sp³-hybridized carbons (Fsp3) is 0.327. The summed E-state index contributed by atoms with van der Waals surface area (Å²) in [7, 11) is 3.39. The number of carbonyl (C=O) groups is 6. The molecule has 5 N–H and O–H groups in total. The number of fused-ring (bicyclic) bond motifs is 2. The van der Waals surface area contributed by atoms with Crippen molar-refractivity contribution in [3.8, 4) is 0 Å². The Hall–Kier alpha value is -6.74. The van der Waals surface area contributed by atoms with Crippen LogP contribution in [0.1, 0.15) is 93.6 Å². The van der Waals surface area contributed by atoms with E-state index in [0.29, 0.717) is 78.6 Å². The second-order valence-corrected chi connectivity index (χ2v) is 17.9. The highest BCUT2D eigenvalue weighted by atomic mass is 35.5. The van der Waals surface area contributed by atoms with E-state index in [9.17, 15) is 46.3 Å². The van der Waals surface area contributed by atoms with Gasteiger partial charge in [0, 0.05) is 79.0 Å². The van der Waals surface area contributed by atoms with Crippen LogP contribution in [0.4, 0.5) is 38.5 Å². The van der Waals surface area contributed by atoms with Crippen molar-refractivity contribution in [3.05, 3.63) is 146 Å². The fourth-order valence-corrected chi connectivity index (χ4v) is 9.02. The minimum absolute atomic E-state index is 0. The molecule has 0 spiro atoms. The number of likely N-dealkylation sites (N-methyl/N-ethyl adjacent to an activating group) is 2. The quantitative estimate of drug-likeness (QED) is 0.103. The highest BCUT2D eigenvalue weighted by molar-refractivity contribution is 6.31. The van der Waals surface area contributed by atoms with Crippen LogP contribution in [0.5, 0.6) is 0 Å². The molecule has 0 bridgehead atoms. The second-order valence-electron chi connectivity index (χ2n) is 17.1. The third-order valence-electron chi connectivity index (χ3n) is 12.6. The van der Waals surface area contributed by atoms with Crippen LogP contribution in [0.15, 0.2) is 79.4 Å². The van der Waals surface area contributed by atoms with Gasteiger partial charge in [0.05, 0.1) is 28.2 Å². The van der Waals surface area contributed by atoms with Gasteiger partial charge in [-0.3, -0.25) is 19.2 Å². The van der Waals surface area contributed by atoms with Crippen LogP contribution in [0.3, 0.4) is 0 Å². The third kappa shape index (κ3) is 12.8. The lowest BCUT2D eigenvalue weighted by atomic mass is 10.0. The van der Waals surface area contributed by atoms with Crippen molar-refractivity contribution in [1.29, 1.82) is 0 Å². The van der Waals surface area contributed by atoms with Gasteiger partial charge in [-0.15, -0.1) is 12.4 Å². The van der Waals surface area contributed by atoms with Crippen LogP contribution in [-0.4, -0.2) is 94.6 Å². The molecule has 2 fully saturated rings. The normalized spacial score (nSPS) is 18.4. The molecule has 382 valence electrons. The number of imidazole rings is 1. The van der Waals surface area contributed by atoms with Gasteiger partial charge in [-0.25, -0.2) is 36.7 Å². The zero-order valence-corrected chi connectivity index (χ0v) is 41.0. The minimum atomic E-state index is -0.712. The van der Waals surface area contributed by atoms with Crippen LogP contribution in [0.25, 0.3) is 0 Å². The maximum absolute atomic E-state index is 14.7. The van der Waals surface area contributed by atoms with Crippen LogP contribution in [0.2, 0.25) is 10.0 Å². The van der Waals surface area contributed by atoms with Gasteiger partial charge in [0.15, 0.2) is 0 Å². The molecule has 3 heterocycles. The summed E-state index contributed by atoms with van der Waals surface area (Å²) in [5.41, 5.74) is 8.97. The van der Waals surface area contributed by atoms with E-state index in [1.54, 1.807) is 23.9 Å². The number of anilines is 2. The predicted molar refractivity (Wildman–Crippen MR) is 260 cm³/mol. The van der Waals surface area contributed by atoms with Crippen molar-refractivity contribution in [1.82, 2.24) is 24.7 Å². The van der Waals surface area contributed by atoms with Gasteiger partial charge in [0.1, 0.15) is 42.8 Å². The molecule has 5 aromatic rings. The van der Waals surface area contributed by atoms with Crippen LogP contribution >= 0.6 is 35.6 Å². The summed E-state index contributed by atoms with van der Waals surface area (Å²) in [5, 5.41) is 7.72. The summed E-state index contributed by atoms with van der Waals surface area (Å²) in [6, 6.07) is 11.7. The lowest BCUT2D eigenvalue weighted by Crippen LogP contribution is -2.36. The molecule has 0 radical (unpaired) electrons. The van der Waals surface area contributed by atoms with Crippen molar-refractivity contribution < 1.29 is 55.8 Å². The fourth-order valence-electron chi connectivity index (χ4n) is 8.66. The lowest BCUT2D eigenvalue weighted by molar-refractivity contribution is -0.128. The number of hydrogen-bond acceptors (Lipinski definition) is 10. The average molecular weight is 1060 g/mol. The smallest absolute Gasteiger partial charge is 0.419 e. The maximum Gasteiger partial charge on any atom is 0.419 e. The molecule has 0 unspecified atom stereocenters. The number of aromatic nitrogens is 2. The van der Waals surface area contributed by atoms with Crippen molar-refractivity contribution in [3.63, 3.8) is 0 Å². The zero-order valence-electron chi connectivity index (χ0n) is 38.7. The highest BCUT2D eigenvalue weighted by Gasteiger charge is 2.34. The molecule has 1 aromatic heterocycles. The Bertz CT molecular complexity index is 2860. The number of carbonyl (C=O) groups excluding carboxylic acids is 6. The van der Waals surface area contributed by atoms with Crippen molar-refractivity contribution in [2.45, 2.75) is 75.5 Å². The number of alkyl carbamates (subject to hydrolysis) is 1. The van der Waals surface area contributed by atoms with Gasteiger partial charge in [0.25, 0.3) is 11.8 Å². The first-order chi connectivity index (χ1) is 33.9. The van der Waals surface area contributed by atoms with E-state index in [1.165, 1.54) is 77.9 Å². The molecule has 9 rings (SSSR count). The van der Waals surface area contributed by atoms with Crippen LogP contribution in [0, 0.1) is 23.3 Å². The SMILES string of the molecule is CN1C(=O)CC[C@@H]1COC(=O)N[C@H]1CCc2c(C(=O)Nc3ccc(F)c(Cl)c3)ccc(F)c21.CN1C(=O)CC[C@@H]1COC(=O)n1ccnc1.Cl.N[C@H]1CCc2c(C(=O)Nc3ccc(F)c(Cl)c3)ccc(F)c21. The summed E-state index contributed by atoms with van der Waals surface area (Å²) in [4.78, 5) is 78.7. The number of rotatable bonds is 9. The predicted octanol–water partition coefficient (Wildman–Crippen LogP) is 8.93. The molecule has 4 aromatic carbocycles. The Balaban J connectivity index is 0.000000188. The summed E-state index contributed by atoms with van der Waals surface area (Å²) >= 11 is 11.4. The molecule has 4 atom stereocenters.